The molecule has 0 spiro atoms. The van der Waals surface area contributed by atoms with Gasteiger partial charge in [-0.05, 0) is 94.6 Å². The molecule has 0 radical (unpaired) electrons. The molecule has 2 N–H and O–H groups in total. The molecule has 0 saturated heterocycles. The van der Waals surface area contributed by atoms with Crippen molar-refractivity contribution in [3.8, 4) is 21.7 Å². The molecule has 0 aliphatic carbocycles. The summed E-state index contributed by atoms with van der Waals surface area (Å²) in [4.78, 5) is 21.2. The highest BCUT2D eigenvalue weighted by Crippen LogP contribution is 2.41. The monoisotopic (exact) mass is 607 g/mol. The van der Waals surface area contributed by atoms with Crippen molar-refractivity contribution in [3.63, 3.8) is 0 Å². The normalized spacial score (nSPS) is 10.6. The van der Waals surface area contributed by atoms with E-state index in [9.17, 15) is 9.90 Å². The standard InChI is InChI=1S/C25H20ClN3O2S.C4H10O.C3H6.C2H6/c1-13-10-20-24(23(18(13)12-22(30)31)15-4-7-17(26)8-5-15)32-25(28-20)16-6-9-21-19(11-16)27-14(2)29(21)3;1-4(2,3)5;1-3-2;1-2/h4-11H,12H2,1-3H3,(H,30,31);5H,1-3H3;3H,1H2,2H3;1-2H3. The first-order chi connectivity index (χ1) is 19.7. The molecular weight excluding hydrogens is 566 g/mol. The lowest BCUT2D eigenvalue weighted by atomic mass is 9.93. The number of carboxylic acid groups (broad SMARTS) is 1. The molecule has 42 heavy (non-hydrogen) atoms. The molecule has 6 nitrogen and oxygen atoms in total. The Labute approximate surface area is 258 Å². The number of aryl methyl sites for hydroxylation is 3. The van der Waals surface area contributed by atoms with Gasteiger partial charge in [-0.15, -0.1) is 17.9 Å². The first kappa shape index (κ1) is 34.7. The number of carbonyl (C=O) groups is 1. The van der Waals surface area contributed by atoms with Gasteiger partial charge in [0.15, 0.2) is 0 Å². The van der Waals surface area contributed by atoms with Crippen LogP contribution >= 0.6 is 22.9 Å². The van der Waals surface area contributed by atoms with Gasteiger partial charge in [-0.2, -0.15) is 0 Å². The average Bonchev–Trinajstić information content (AvgIpc) is 3.45. The van der Waals surface area contributed by atoms with Crippen LogP contribution in [0, 0.1) is 13.8 Å². The molecule has 5 aromatic rings. The number of allylic oxidation sites excluding steroid dienone is 1. The van der Waals surface area contributed by atoms with Crippen molar-refractivity contribution in [2.24, 2.45) is 7.05 Å². The van der Waals surface area contributed by atoms with Gasteiger partial charge in [0, 0.05) is 23.2 Å². The van der Waals surface area contributed by atoms with Gasteiger partial charge in [0.05, 0.1) is 33.3 Å². The van der Waals surface area contributed by atoms with Crippen LogP contribution in [0.1, 0.15) is 58.5 Å². The van der Waals surface area contributed by atoms with Gasteiger partial charge in [0.1, 0.15) is 10.8 Å². The summed E-state index contributed by atoms with van der Waals surface area (Å²) >= 11 is 7.68. The number of nitrogens with zero attached hydrogens (tertiary/aromatic N) is 3. The zero-order valence-electron chi connectivity index (χ0n) is 26.0. The van der Waals surface area contributed by atoms with Crippen LogP contribution in [0.5, 0.6) is 0 Å². The number of hydrogen-bond acceptors (Lipinski definition) is 5. The van der Waals surface area contributed by atoms with Crippen LogP contribution in [0.4, 0.5) is 0 Å². The number of aliphatic hydroxyl groups is 1. The number of aromatic nitrogens is 3. The second-order valence-corrected chi connectivity index (χ2v) is 11.9. The number of aliphatic carboxylic acids is 1. The van der Waals surface area contributed by atoms with Gasteiger partial charge in [0.2, 0.25) is 0 Å². The second-order valence-electron chi connectivity index (χ2n) is 10.5. The predicted molar refractivity (Wildman–Crippen MR) is 180 cm³/mol. The van der Waals surface area contributed by atoms with Crippen LogP contribution in [0.25, 0.3) is 42.9 Å². The van der Waals surface area contributed by atoms with Crippen molar-refractivity contribution in [2.75, 3.05) is 0 Å². The maximum absolute atomic E-state index is 11.6. The number of benzene rings is 3. The lowest BCUT2D eigenvalue weighted by Crippen LogP contribution is -2.10. The Morgan fingerprint density at radius 1 is 1.02 bits per heavy atom. The minimum Gasteiger partial charge on any atom is -0.481 e. The fourth-order valence-corrected chi connectivity index (χ4v) is 5.37. The highest BCUT2D eigenvalue weighted by atomic mass is 35.5. The Bertz CT molecular complexity index is 1660. The van der Waals surface area contributed by atoms with Crippen LogP contribution in [0.2, 0.25) is 5.02 Å². The lowest BCUT2D eigenvalue weighted by Gasteiger charge is -2.13. The van der Waals surface area contributed by atoms with E-state index >= 15 is 0 Å². The van der Waals surface area contributed by atoms with Gasteiger partial charge in [0.25, 0.3) is 0 Å². The van der Waals surface area contributed by atoms with Gasteiger partial charge in [-0.3, -0.25) is 4.79 Å². The number of fused-ring (bicyclic) bond motifs is 2. The topological polar surface area (TPSA) is 88.2 Å². The molecule has 224 valence electrons. The molecule has 2 heterocycles. The first-order valence-corrected chi connectivity index (χ1v) is 15.1. The number of halogens is 1. The Morgan fingerprint density at radius 3 is 2.12 bits per heavy atom. The quantitative estimate of drug-likeness (QED) is 0.199. The molecular formula is C34H42ClN3O3S. The van der Waals surface area contributed by atoms with Crippen molar-refractivity contribution in [2.45, 2.75) is 67.4 Å². The number of carboxylic acids is 1. The van der Waals surface area contributed by atoms with Gasteiger partial charge < -0.3 is 14.8 Å². The molecule has 0 atom stereocenters. The molecule has 0 unspecified atom stereocenters. The van der Waals surface area contributed by atoms with Crippen molar-refractivity contribution in [3.05, 3.63) is 83.2 Å². The SMILES string of the molecule is C=CC.CC.CC(C)(C)O.Cc1cc2nc(-c3ccc4c(c3)nc(C)n4C)sc2c(-c2ccc(Cl)cc2)c1CC(=O)O. The van der Waals surface area contributed by atoms with E-state index in [1.807, 2.05) is 72.0 Å². The van der Waals surface area contributed by atoms with E-state index in [0.29, 0.717) is 5.02 Å². The Kier molecular flexibility index (Phi) is 12.5. The minimum absolute atomic E-state index is 0.0495. The molecule has 0 saturated carbocycles. The smallest absolute Gasteiger partial charge is 0.307 e. The molecule has 2 aromatic heterocycles. The summed E-state index contributed by atoms with van der Waals surface area (Å²) in [6, 6.07) is 15.7. The van der Waals surface area contributed by atoms with Gasteiger partial charge in [-0.1, -0.05) is 43.7 Å². The number of thiazole rings is 1. The fourth-order valence-electron chi connectivity index (χ4n) is 4.11. The highest BCUT2D eigenvalue weighted by molar-refractivity contribution is 7.22. The number of rotatable bonds is 4. The Hall–Kier alpha value is -3.52. The van der Waals surface area contributed by atoms with Crippen molar-refractivity contribution >= 4 is 50.2 Å². The highest BCUT2D eigenvalue weighted by Gasteiger charge is 2.20. The second kappa shape index (κ2) is 15.1. The van der Waals surface area contributed by atoms with E-state index in [4.69, 9.17) is 21.7 Å². The van der Waals surface area contributed by atoms with Crippen LogP contribution in [-0.4, -0.2) is 36.3 Å². The Morgan fingerprint density at radius 2 is 1.57 bits per heavy atom. The summed E-state index contributed by atoms with van der Waals surface area (Å²) in [6.07, 6.45) is 1.70. The van der Waals surface area contributed by atoms with E-state index < -0.39 is 11.6 Å². The van der Waals surface area contributed by atoms with Crippen LogP contribution in [0.15, 0.2) is 61.2 Å². The van der Waals surface area contributed by atoms with Crippen molar-refractivity contribution < 1.29 is 15.0 Å². The van der Waals surface area contributed by atoms with Crippen molar-refractivity contribution in [1.29, 1.82) is 0 Å². The molecule has 0 aliphatic rings. The summed E-state index contributed by atoms with van der Waals surface area (Å²) in [5.74, 6) is 0.101. The summed E-state index contributed by atoms with van der Waals surface area (Å²) < 4.78 is 3.04. The van der Waals surface area contributed by atoms with E-state index in [1.54, 1.807) is 38.2 Å². The van der Waals surface area contributed by atoms with Crippen LogP contribution in [0.3, 0.4) is 0 Å². The van der Waals surface area contributed by atoms with E-state index in [-0.39, 0.29) is 6.42 Å². The first-order valence-electron chi connectivity index (χ1n) is 13.9. The van der Waals surface area contributed by atoms with E-state index in [1.165, 1.54) is 0 Å². The fraction of sp³-hybridized carbons (Fsp3) is 0.324. The lowest BCUT2D eigenvalue weighted by molar-refractivity contribution is -0.136. The zero-order chi connectivity index (χ0) is 31.8. The zero-order valence-corrected chi connectivity index (χ0v) is 27.6. The van der Waals surface area contributed by atoms with E-state index in [0.717, 1.165) is 59.9 Å². The number of hydrogen-bond donors (Lipinski definition) is 2. The average molecular weight is 608 g/mol. The van der Waals surface area contributed by atoms with Crippen LogP contribution in [-0.2, 0) is 18.3 Å². The summed E-state index contributed by atoms with van der Waals surface area (Å²) in [5, 5.41) is 19.6. The summed E-state index contributed by atoms with van der Waals surface area (Å²) in [5.41, 5.74) is 6.94. The predicted octanol–water partition coefficient (Wildman–Crippen LogP) is 9.41. The maximum atomic E-state index is 11.6. The molecule has 3 aromatic carbocycles. The van der Waals surface area contributed by atoms with E-state index in [2.05, 4.69) is 34.3 Å². The molecule has 8 heteroatoms. The minimum atomic E-state index is -0.858. The molecule has 0 amide bonds. The molecule has 0 aliphatic heterocycles. The third-order valence-electron chi connectivity index (χ3n) is 5.82. The third kappa shape index (κ3) is 8.99. The third-order valence-corrected chi connectivity index (χ3v) is 7.21. The van der Waals surface area contributed by atoms with Crippen molar-refractivity contribution in [1.82, 2.24) is 14.5 Å². The largest absolute Gasteiger partial charge is 0.481 e. The maximum Gasteiger partial charge on any atom is 0.307 e. The molecule has 0 bridgehead atoms. The summed E-state index contributed by atoms with van der Waals surface area (Å²) in [6.45, 7) is 18.4. The summed E-state index contributed by atoms with van der Waals surface area (Å²) in [7, 11) is 2.01. The molecule has 5 rings (SSSR count). The number of imidazole rings is 1. The Balaban J connectivity index is 0.000000542. The van der Waals surface area contributed by atoms with Gasteiger partial charge in [-0.25, -0.2) is 9.97 Å². The van der Waals surface area contributed by atoms with Crippen LogP contribution < -0.4 is 0 Å². The van der Waals surface area contributed by atoms with Gasteiger partial charge >= 0.3 is 5.97 Å². The molecule has 0 fully saturated rings.